The Bertz CT molecular complexity index is 273. The third-order valence-electron chi connectivity index (χ3n) is 2.67. The number of amidine groups is 1. The van der Waals surface area contributed by atoms with Gasteiger partial charge in [-0.2, -0.15) is 0 Å². The number of hydrogen-bond donors (Lipinski definition) is 1. The summed E-state index contributed by atoms with van der Waals surface area (Å²) in [5.41, 5.74) is 0. The van der Waals surface area contributed by atoms with Gasteiger partial charge in [0.25, 0.3) is 0 Å². The molecule has 0 amide bonds. The van der Waals surface area contributed by atoms with Crippen LogP contribution in [-0.2, 0) is 0 Å². The first-order valence-electron chi connectivity index (χ1n) is 5.15. The summed E-state index contributed by atoms with van der Waals surface area (Å²) < 4.78 is 12.7. The molecule has 0 aromatic rings. The number of halogens is 1. The maximum atomic E-state index is 12.7. The Balaban J connectivity index is 2.01. The van der Waals surface area contributed by atoms with Crippen molar-refractivity contribution in [1.29, 1.82) is 0 Å². The molecule has 2 aliphatic heterocycles. The molecule has 2 rings (SSSR count). The van der Waals surface area contributed by atoms with E-state index in [0.29, 0.717) is 12.5 Å². The lowest BCUT2D eigenvalue weighted by Gasteiger charge is -2.34. The Morgan fingerprint density at radius 1 is 1.57 bits per heavy atom. The van der Waals surface area contributed by atoms with Gasteiger partial charge in [-0.1, -0.05) is 0 Å². The van der Waals surface area contributed by atoms with Crippen LogP contribution in [0.25, 0.3) is 0 Å². The minimum absolute atomic E-state index is 0.100. The van der Waals surface area contributed by atoms with Crippen molar-refractivity contribution in [3.63, 3.8) is 0 Å². The maximum absolute atomic E-state index is 12.7. The van der Waals surface area contributed by atoms with E-state index in [-0.39, 0.29) is 5.83 Å². The highest BCUT2D eigenvalue weighted by atomic mass is 19.1. The molecule has 14 heavy (non-hydrogen) atoms. The monoisotopic (exact) mass is 197 g/mol. The molecule has 1 N–H and O–H groups in total. The van der Waals surface area contributed by atoms with E-state index in [0.717, 1.165) is 31.9 Å². The zero-order chi connectivity index (χ0) is 9.97. The lowest BCUT2D eigenvalue weighted by Crippen LogP contribution is -2.51. The van der Waals surface area contributed by atoms with Crippen molar-refractivity contribution in [3.05, 3.63) is 12.0 Å². The summed E-state index contributed by atoms with van der Waals surface area (Å²) in [5.74, 6) is 0.941. The van der Waals surface area contributed by atoms with E-state index in [4.69, 9.17) is 0 Å². The minimum atomic E-state index is -0.100. The van der Waals surface area contributed by atoms with Gasteiger partial charge >= 0.3 is 0 Å². The van der Waals surface area contributed by atoms with E-state index >= 15 is 0 Å². The number of nitrogens with one attached hydrogen (secondary N) is 1. The highest BCUT2D eigenvalue weighted by Gasteiger charge is 2.20. The van der Waals surface area contributed by atoms with Gasteiger partial charge in [-0.15, -0.1) is 0 Å². The molecule has 4 heteroatoms. The van der Waals surface area contributed by atoms with Crippen LogP contribution < -0.4 is 5.32 Å². The largest absolute Gasteiger partial charge is 0.357 e. The van der Waals surface area contributed by atoms with Crippen LogP contribution >= 0.6 is 0 Å². The van der Waals surface area contributed by atoms with Gasteiger partial charge in [-0.05, 0) is 6.92 Å². The summed E-state index contributed by atoms with van der Waals surface area (Å²) in [6.45, 7) is 5.12. The number of aliphatic imine (C=N–C) groups is 1. The lowest BCUT2D eigenvalue weighted by molar-refractivity contribution is 0.297. The van der Waals surface area contributed by atoms with E-state index in [1.54, 1.807) is 0 Å². The molecule has 1 saturated heterocycles. The number of piperazine rings is 1. The second kappa shape index (κ2) is 4.09. The van der Waals surface area contributed by atoms with Gasteiger partial charge in [0.2, 0.25) is 0 Å². The van der Waals surface area contributed by atoms with Gasteiger partial charge in [0.05, 0.1) is 6.20 Å². The number of allylic oxidation sites excluding steroid dienone is 1. The SMILES string of the molecule is CC1CN(C2=NC=C(F)CC2)CCN1. The molecule has 1 fully saturated rings. The maximum Gasteiger partial charge on any atom is 0.119 e. The van der Waals surface area contributed by atoms with Crippen molar-refractivity contribution in [1.82, 2.24) is 10.2 Å². The van der Waals surface area contributed by atoms with E-state index in [2.05, 4.69) is 22.1 Å². The normalized spacial score (nSPS) is 28.4. The molecule has 0 bridgehead atoms. The van der Waals surface area contributed by atoms with Crippen LogP contribution in [0, 0.1) is 0 Å². The Hall–Kier alpha value is -0.900. The summed E-state index contributed by atoms with van der Waals surface area (Å²) in [5, 5.41) is 3.37. The highest BCUT2D eigenvalue weighted by Crippen LogP contribution is 2.16. The highest BCUT2D eigenvalue weighted by molar-refractivity contribution is 5.84. The molecule has 1 atom stereocenters. The Labute approximate surface area is 83.7 Å². The first-order chi connectivity index (χ1) is 6.75. The van der Waals surface area contributed by atoms with Crippen molar-refractivity contribution in [2.24, 2.45) is 4.99 Å². The molecule has 3 nitrogen and oxygen atoms in total. The van der Waals surface area contributed by atoms with Crippen molar-refractivity contribution in [2.45, 2.75) is 25.8 Å². The summed E-state index contributed by atoms with van der Waals surface area (Å²) in [7, 11) is 0. The van der Waals surface area contributed by atoms with Gasteiger partial charge in [0, 0.05) is 38.5 Å². The van der Waals surface area contributed by atoms with Gasteiger partial charge in [0.15, 0.2) is 0 Å². The fourth-order valence-electron chi connectivity index (χ4n) is 1.91. The van der Waals surface area contributed by atoms with Gasteiger partial charge in [0.1, 0.15) is 11.7 Å². The van der Waals surface area contributed by atoms with Crippen LogP contribution in [0.1, 0.15) is 19.8 Å². The fraction of sp³-hybridized carbons (Fsp3) is 0.700. The molecular weight excluding hydrogens is 181 g/mol. The zero-order valence-corrected chi connectivity index (χ0v) is 8.46. The van der Waals surface area contributed by atoms with E-state index in [1.165, 1.54) is 6.20 Å². The van der Waals surface area contributed by atoms with Crippen LogP contribution in [-0.4, -0.2) is 36.4 Å². The average Bonchev–Trinajstić information content (AvgIpc) is 2.19. The number of nitrogens with zero attached hydrogens (tertiary/aromatic N) is 2. The third-order valence-corrected chi connectivity index (χ3v) is 2.67. The van der Waals surface area contributed by atoms with Crippen molar-refractivity contribution in [3.8, 4) is 0 Å². The van der Waals surface area contributed by atoms with E-state index < -0.39 is 0 Å². The summed E-state index contributed by atoms with van der Waals surface area (Å²) in [6.07, 6.45) is 2.61. The smallest absolute Gasteiger partial charge is 0.119 e. The van der Waals surface area contributed by atoms with Crippen molar-refractivity contribution in [2.75, 3.05) is 19.6 Å². The average molecular weight is 197 g/mol. The molecule has 0 aromatic carbocycles. The van der Waals surface area contributed by atoms with Crippen LogP contribution in [0.4, 0.5) is 4.39 Å². The first kappa shape index (κ1) is 9.65. The summed E-state index contributed by atoms with van der Waals surface area (Å²) in [6, 6.07) is 0.502. The molecule has 2 aliphatic rings. The Morgan fingerprint density at radius 3 is 3.07 bits per heavy atom. The van der Waals surface area contributed by atoms with Gasteiger partial charge in [-0.25, -0.2) is 9.38 Å². The number of rotatable bonds is 0. The predicted molar refractivity (Wildman–Crippen MR) is 54.9 cm³/mol. The zero-order valence-electron chi connectivity index (χ0n) is 8.46. The minimum Gasteiger partial charge on any atom is -0.357 e. The van der Waals surface area contributed by atoms with Crippen molar-refractivity contribution >= 4 is 5.84 Å². The molecule has 0 aromatic heterocycles. The Morgan fingerprint density at radius 2 is 2.43 bits per heavy atom. The van der Waals surface area contributed by atoms with Gasteiger partial charge < -0.3 is 10.2 Å². The van der Waals surface area contributed by atoms with E-state index in [1.807, 2.05) is 0 Å². The number of hydrogen-bond acceptors (Lipinski definition) is 3. The second-order valence-electron chi connectivity index (χ2n) is 3.92. The van der Waals surface area contributed by atoms with Gasteiger partial charge in [-0.3, -0.25) is 0 Å². The van der Waals surface area contributed by atoms with Crippen LogP contribution in [0.15, 0.2) is 17.0 Å². The molecule has 0 spiro atoms. The second-order valence-corrected chi connectivity index (χ2v) is 3.92. The summed E-state index contributed by atoms with van der Waals surface area (Å²) in [4.78, 5) is 6.40. The predicted octanol–water partition coefficient (Wildman–Crippen LogP) is 1.28. The molecule has 0 radical (unpaired) electrons. The molecule has 78 valence electrons. The van der Waals surface area contributed by atoms with Crippen LogP contribution in [0.5, 0.6) is 0 Å². The van der Waals surface area contributed by atoms with Crippen LogP contribution in [0.2, 0.25) is 0 Å². The first-order valence-corrected chi connectivity index (χ1v) is 5.15. The topological polar surface area (TPSA) is 27.6 Å². The Kier molecular flexibility index (Phi) is 2.82. The fourth-order valence-corrected chi connectivity index (χ4v) is 1.91. The molecule has 1 unspecified atom stereocenters. The third kappa shape index (κ3) is 2.12. The molecular formula is C10H16FN3. The molecule has 2 heterocycles. The van der Waals surface area contributed by atoms with E-state index in [9.17, 15) is 4.39 Å². The van der Waals surface area contributed by atoms with Crippen LogP contribution in [0.3, 0.4) is 0 Å². The lowest BCUT2D eigenvalue weighted by atomic mass is 10.1. The standard InChI is InChI=1S/C10H16FN3/c1-8-7-14(5-4-12-8)10-3-2-9(11)6-13-10/h6,8,12H,2-5,7H2,1H3. The molecule has 0 aliphatic carbocycles. The van der Waals surface area contributed by atoms with Crippen molar-refractivity contribution < 1.29 is 4.39 Å². The quantitative estimate of drug-likeness (QED) is 0.633. The summed E-state index contributed by atoms with van der Waals surface area (Å²) >= 11 is 0. The molecule has 0 saturated carbocycles.